The fourth-order valence-corrected chi connectivity index (χ4v) is 3.07. The van der Waals surface area contributed by atoms with Gasteiger partial charge in [-0.1, -0.05) is 39.0 Å². The Morgan fingerprint density at radius 1 is 0.933 bits per heavy atom. The Kier molecular flexibility index (Phi) is 5.56. The van der Waals surface area contributed by atoms with Crippen molar-refractivity contribution >= 4 is 22.6 Å². The molecule has 3 aromatic rings. The number of amides is 2. The summed E-state index contributed by atoms with van der Waals surface area (Å²) in [5, 5.41) is 28.2. The monoisotopic (exact) mass is 405 g/mol. The minimum Gasteiger partial charge on any atom is -0.494 e. The molecule has 30 heavy (non-hydrogen) atoms. The number of rotatable bonds is 4. The predicted octanol–water partition coefficient (Wildman–Crippen LogP) is 4.97. The smallest absolute Gasteiger partial charge is 0.295 e. The first-order valence-electron chi connectivity index (χ1n) is 9.39. The number of hydrogen-bond donors (Lipinski definition) is 2. The Morgan fingerprint density at radius 3 is 2.03 bits per heavy atom. The van der Waals surface area contributed by atoms with Crippen molar-refractivity contribution < 1.29 is 19.8 Å². The molecule has 1 aromatic heterocycles. The van der Waals surface area contributed by atoms with Gasteiger partial charge in [-0.25, -0.2) is 0 Å². The fraction of sp³-hybridized carbons (Fsp3) is 0.217. The van der Waals surface area contributed by atoms with Crippen molar-refractivity contribution in [1.82, 2.24) is 4.57 Å². The van der Waals surface area contributed by atoms with E-state index in [1.165, 1.54) is 28.8 Å². The molecule has 0 spiro atoms. The maximum Gasteiger partial charge on any atom is 0.295 e. The lowest BCUT2D eigenvalue weighted by atomic mass is 9.87. The molecule has 0 radical (unpaired) electrons. The van der Waals surface area contributed by atoms with Crippen molar-refractivity contribution in [2.75, 3.05) is 0 Å². The summed E-state index contributed by atoms with van der Waals surface area (Å²) in [5.74, 6) is -1.67. The van der Waals surface area contributed by atoms with Crippen LogP contribution in [0.2, 0.25) is 0 Å². The van der Waals surface area contributed by atoms with Gasteiger partial charge in [-0.05, 0) is 41.3 Å². The zero-order valence-electron chi connectivity index (χ0n) is 17.1. The molecule has 0 bridgehead atoms. The van der Waals surface area contributed by atoms with Crippen LogP contribution in [0.4, 0.5) is 0 Å². The van der Waals surface area contributed by atoms with Crippen LogP contribution >= 0.6 is 0 Å². The Balaban J connectivity index is 1.82. The average Bonchev–Trinajstić information content (AvgIpc) is 2.96. The van der Waals surface area contributed by atoms with E-state index in [9.17, 15) is 19.8 Å². The van der Waals surface area contributed by atoms with Gasteiger partial charge in [0.1, 0.15) is 0 Å². The second-order valence-corrected chi connectivity index (χ2v) is 7.94. The van der Waals surface area contributed by atoms with Crippen LogP contribution in [0.5, 0.6) is 11.8 Å². The molecule has 0 aliphatic heterocycles. The van der Waals surface area contributed by atoms with Crippen molar-refractivity contribution in [3.63, 3.8) is 0 Å². The van der Waals surface area contributed by atoms with E-state index in [1.807, 2.05) is 12.1 Å². The van der Waals surface area contributed by atoms with Gasteiger partial charge in [0, 0.05) is 28.4 Å². The lowest BCUT2D eigenvalue weighted by molar-refractivity contribution is 0.0947. The molecule has 0 atom stereocenters. The molecule has 7 nitrogen and oxygen atoms in total. The van der Waals surface area contributed by atoms with Crippen LogP contribution < -0.4 is 0 Å². The number of hydrogen-bond acceptors (Lipinski definition) is 4. The Hall–Kier alpha value is -3.74. The summed E-state index contributed by atoms with van der Waals surface area (Å²) < 4.78 is 1.26. The van der Waals surface area contributed by atoms with E-state index in [1.54, 1.807) is 12.1 Å². The van der Waals surface area contributed by atoms with E-state index < -0.39 is 11.8 Å². The highest BCUT2D eigenvalue weighted by molar-refractivity contribution is 6.03. The van der Waals surface area contributed by atoms with E-state index in [0.29, 0.717) is 16.3 Å². The summed E-state index contributed by atoms with van der Waals surface area (Å²) in [6.45, 7) is 10.0. The molecule has 0 aliphatic rings. The molecular formula is C23H23N3O4. The highest BCUT2D eigenvalue weighted by Crippen LogP contribution is 2.36. The second kappa shape index (κ2) is 7.94. The number of nitrogens with zero attached hydrogens (tertiary/aromatic N) is 3. The lowest BCUT2D eigenvalue weighted by Crippen LogP contribution is -2.11. The average molecular weight is 405 g/mol. The van der Waals surface area contributed by atoms with Crippen molar-refractivity contribution in [3.05, 3.63) is 71.8 Å². The molecule has 0 fully saturated rings. The Morgan fingerprint density at radius 2 is 1.47 bits per heavy atom. The molecule has 7 heteroatoms. The standard InChI is InChI=1S/C23H23N3O4/c1-5-12-26-21(29)17-11-8-15(13-18(17)22(26)30)20(28)25-24-19(27)14-6-9-16(10-7-14)23(2,3)4/h5-11,13,29-30H,1,12H2,2-4H3. The predicted molar refractivity (Wildman–Crippen MR) is 114 cm³/mol. The van der Waals surface area contributed by atoms with Gasteiger partial charge in [-0.2, -0.15) is 0 Å². The van der Waals surface area contributed by atoms with E-state index in [-0.39, 0.29) is 29.3 Å². The number of benzene rings is 2. The van der Waals surface area contributed by atoms with Crippen molar-refractivity contribution in [2.45, 2.75) is 32.7 Å². The summed E-state index contributed by atoms with van der Waals surface area (Å²) in [7, 11) is 0. The van der Waals surface area contributed by atoms with Crippen LogP contribution in [0.25, 0.3) is 10.8 Å². The topological polar surface area (TPSA) is 104 Å². The van der Waals surface area contributed by atoms with Crippen LogP contribution in [-0.4, -0.2) is 26.6 Å². The highest BCUT2D eigenvalue weighted by Gasteiger charge is 2.18. The van der Waals surface area contributed by atoms with Gasteiger partial charge < -0.3 is 10.2 Å². The molecule has 1 heterocycles. The molecule has 2 amide bonds. The minimum atomic E-state index is -0.730. The van der Waals surface area contributed by atoms with E-state index in [2.05, 4.69) is 37.6 Å². The zero-order chi connectivity index (χ0) is 22.1. The summed E-state index contributed by atoms with van der Waals surface area (Å²) in [6, 6.07) is 11.4. The molecule has 2 aromatic carbocycles. The molecule has 0 aliphatic carbocycles. The Bertz CT molecular complexity index is 1170. The van der Waals surface area contributed by atoms with Crippen molar-refractivity contribution in [1.29, 1.82) is 0 Å². The van der Waals surface area contributed by atoms with E-state index in [0.717, 1.165) is 5.56 Å². The number of aromatic hydroxyl groups is 2. The number of carbonyl (C=O) groups is 2. The first-order chi connectivity index (χ1) is 14.1. The second-order valence-electron chi connectivity index (χ2n) is 7.94. The summed E-state index contributed by atoms with van der Waals surface area (Å²) in [4.78, 5) is 24.6. The van der Waals surface area contributed by atoms with Crippen LogP contribution in [0.3, 0.4) is 0 Å². The van der Waals surface area contributed by atoms with Crippen LogP contribution in [0.15, 0.2) is 65.3 Å². The van der Waals surface area contributed by atoms with E-state index in [4.69, 9.17) is 0 Å². The van der Waals surface area contributed by atoms with E-state index >= 15 is 0 Å². The van der Waals surface area contributed by atoms with Gasteiger partial charge >= 0.3 is 0 Å². The molecule has 3 rings (SSSR count). The van der Waals surface area contributed by atoms with Crippen LogP contribution in [0, 0.1) is 0 Å². The molecule has 2 N–H and O–H groups in total. The van der Waals surface area contributed by atoms with Crippen LogP contribution in [0.1, 0.15) is 47.1 Å². The maximum absolute atomic E-state index is 12.4. The van der Waals surface area contributed by atoms with Gasteiger partial charge in [0.05, 0.1) is 0 Å². The number of aromatic nitrogens is 1. The molecule has 154 valence electrons. The molecule has 0 saturated heterocycles. The van der Waals surface area contributed by atoms with Crippen LogP contribution in [-0.2, 0) is 12.0 Å². The van der Waals surface area contributed by atoms with Gasteiger partial charge in [-0.15, -0.1) is 16.8 Å². The maximum atomic E-state index is 12.4. The number of allylic oxidation sites excluding steroid dienone is 1. The first kappa shape index (κ1) is 21.0. The fourth-order valence-electron chi connectivity index (χ4n) is 3.07. The van der Waals surface area contributed by atoms with Crippen molar-refractivity contribution in [2.24, 2.45) is 10.2 Å². The van der Waals surface area contributed by atoms with Crippen molar-refractivity contribution in [3.8, 4) is 11.8 Å². The number of fused-ring (bicyclic) bond motifs is 1. The summed E-state index contributed by atoms with van der Waals surface area (Å²) >= 11 is 0. The SMILES string of the molecule is C=CCn1c(O)c2ccc(C(=O)N=NC(=O)c3ccc(C(C)(C)C)cc3)cc2c1O. The Labute approximate surface area is 174 Å². The number of azo groups is 1. The van der Waals surface area contributed by atoms with Gasteiger partial charge in [0.2, 0.25) is 11.8 Å². The molecule has 0 unspecified atom stereocenters. The first-order valence-corrected chi connectivity index (χ1v) is 9.39. The highest BCUT2D eigenvalue weighted by atomic mass is 16.3. The number of carbonyl (C=O) groups excluding carboxylic acids is 2. The summed E-state index contributed by atoms with van der Waals surface area (Å²) in [6.07, 6.45) is 1.53. The van der Waals surface area contributed by atoms with Gasteiger partial charge in [0.15, 0.2) is 0 Å². The van der Waals surface area contributed by atoms with Gasteiger partial charge in [-0.3, -0.25) is 14.2 Å². The zero-order valence-corrected chi connectivity index (χ0v) is 17.1. The molecule has 0 saturated carbocycles. The normalized spacial score (nSPS) is 11.8. The van der Waals surface area contributed by atoms with Gasteiger partial charge in [0.25, 0.3) is 11.8 Å². The summed E-state index contributed by atoms with van der Waals surface area (Å²) in [5.41, 5.74) is 1.50. The third-order valence-corrected chi connectivity index (χ3v) is 4.80. The molecular weight excluding hydrogens is 382 g/mol. The largest absolute Gasteiger partial charge is 0.494 e. The third-order valence-electron chi connectivity index (χ3n) is 4.80. The minimum absolute atomic E-state index is 0.0394. The lowest BCUT2D eigenvalue weighted by Gasteiger charge is -2.18. The third kappa shape index (κ3) is 4.00. The quantitative estimate of drug-likeness (QED) is 0.472.